The van der Waals surface area contributed by atoms with E-state index in [4.69, 9.17) is 28.7 Å². The Morgan fingerprint density at radius 1 is 0.657 bits per heavy atom. The number of hydrogen-bond donors (Lipinski definition) is 0. The van der Waals surface area contributed by atoms with E-state index in [-0.39, 0.29) is 39.6 Å². The van der Waals surface area contributed by atoms with Gasteiger partial charge in [0, 0.05) is 35.1 Å². The number of sulfonamides is 1. The summed E-state index contributed by atoms with van der Waals surface area (Å²) in [5.74, 6) is 1.84. The molecular formula is C48H50BrN7O9S2. The Labute approximate surface area is 401 Å². The van der Waals surface area contributed by atoms with Gasteiger partial charge < -0.3 is 23.7 Å². The number of benzene rings is 5. The summed E-state index contributed by atoms with van der Waals surface area (Å²) in [7, 11) is 0.122. The minimum Gasteiger partial charge on any atom is -0.497 e. The van der Waals surface area contributed by atoms with Gasteiger partial charge in [0.1, 0.15) is 33.3 Å². The molecule has 0 fully saturated rings. The number of carbonyl (C=O) groups excluding carboxylic acids is 2. The van der Waals surface area contributed by atoms with Crippen LogP contribution < -0.4 is 19.1 Å². The quantitative estimate of drug-likeness (QED) is 0.102. The van der Waals surface area contributed by atoms with Gasteiger partial charge >= 0.3 is 12.2 Å². The molecule has 0 saturated carbocycles. The number of fused-ring (bicyclic) bond motifs is 1. The molecule has 2 heterocycles. The van der Waals surface area contributed by atoms with Gasteiger partial charge in [-0.15, -0.1) is 10.2 Å². The maximum Gasteiger partial charge on any atom is 0.426 e. The number of para-hydroxylation sites is 1. The molecule has 67 heavy (non-hydrogen) atoms. The van der Waals surface area contributed by atoms with Crippen LogP contribution in [0.1, 0.15) is 63.8 Å². The van der Waals surface area contributed by atoms with E-state index in [1.54, 1.807) is 130 Å². The topological polar surface area (TPSA) is 183 Å². The fourth-order valence-electron chi connectivity index (χ4n) is 7.25. The van der Waals surface area contributed by atoms with Crippen LogP contribution >= 0.6 is 27.3 Å². The zero-order chi connectivity index (χ0) is 48.3. The molecule has 19 heteroatoms. The van der Waals surface area contributed by atoms with E-state index in [2.05, 4.69) is 36.6 Å². The van der Waals surface area contributed by atoms with Gasteiger partial charge in [0.05, 0.1) is 31.5 Å². The molecule has 0 radical (unpaired) electrons. The predicted octanol–water partition coefficient (Wildman–Crippen LogP) is 12.0. The highest BCUT2D eigenvalue weighted by Crippen LogP contribution is 2.49. The fraction of sp³-hybridized carbons (Fsp3) is 0.312. The van der Waals surface area contributed by atoms with Crippen LogP contribution in [-0.4, -0.2) is 62.4 Å². The SMILES string of the molecule is COc1ccc(CN(Cc2ccc(OC)cc2)S(=O)(=O)c2c(Br)ccc(-c3cccc4sc(N(C(=O)OC(C)(C)C)C(=O)OC(C)(C)C)nc34)c2C2(Cc3ccc(OC)cc3)N=NN=N2)cc1. The number of hydrogen-bond acceptors (Lipinski definition) is 15. The van der Waals surface area contributed by atoms with Crippen LogP contribution in [0.5, 0.6) is 17.2 Å². The number of aromatic nitrogens is 1. The average Bonchev–Trinajstić information content (AvgIpc) is 3.93. The van der Waals surface area contributed by atoms with Crippen LogP contribution in [0.2, 0.25) is 0 Å². The summed E-state index contributed by atoms with van der Waals surface area (Å²) in [4.78, 5) is 33.2. The first-order chi connectivity index (χ1) is 31.7. The van der Waals surface area contributed by atoms with E-state index in [0.29, 0.717) is 49.7 Å². The third kappa shape index (κ3) is 11.0. The summed E-state index contributed by atoms with van der Waals surface area (Å²) >= 11 is 4.73. The molecule has 1 aliphatic rings. The predicted molar refractivity (Wildman–Crippen MR) is 258 cm³/mol. The van der Waals surface area contributed by atoms with E-state index >= 15 is 8.42 Å². The Hall–Kier alpha value is -6.28. The van der Waals surface area contributed by atoms with E-state index in [9.17, 15) is 9.59 Å². The highest BCUT2D eigenvalue weighted by atomic mass is 79.9. The molecular weight excluding hydrogens is 963 g/mol. The fourth-order valence-corrected chi connectivity index (χ4v) is 10.9. The van der Waals surface area contributed by atoms with Crippen molar-refractivity contribution >= 4 is 64.8 Å². The van der Waals surface area contributed by atoms with E-state index < -0.39 is 39.1 Å². The lowest BCUT2D eigenvalue weighted by Crippen LogP contribution is -2.43. The number of thiazole rings is 1. The molecule has 0 saturated heterocycles. The Morgan fingerprint density at radius 3 is 1.60 bits per heavy atom. The molecule has 0 unspecified atom stereocenters. The van der Waals surface area contributed by atoms with Crippen LogP contribution in [0.15, 0.2) is 133 Å². The number of amides is 2. The number of anilines is 1. The molecule has 0 spiro atoms. The second-order valence-electron chi connectivity index (χ2n) is 17.4. The van der Waals surface area contributed by atoms with Gasteiger partial charge in [-0.1, -0.05) is 65.9 Å². The molecule has 0 bridgehead atoms. The zero-order valence-corrected chi connectivity index (χ0v) is 41.7. The van der Waals surface area contributed by atoms with Crippen molar-refractivity contribution in [3.63, 3.8) is 0 Å². The first kappa shape index (κ1) is 48.6. The summed E-state index contributed by atoms with van der Waals surface area (Å²) < 4.78 is 61.7. The maximum absolute atomic E-state index is 15.9. The summed E-state index contributed by atoms with van der Waals surface area (Å²) in [5.41, 5.74) is -0.275. The molecule has 0 N–H and O–H groups in total. The van der Waals surface area contributed by atoms with E-state index in [0.717, 1.165) is 21.8 Å². The number of imide groups is 1. The Kier molecular flexibility index (Phi) is 14.2. The average molecular weight is 1010 g/mol. The van der Waals surface area contributed by atoms with Gasteiger partial charge in [0.25, 0.3) is 0 Å². The van der Waals surface area contributed by atoms with Gasteiger partial charge in [-0.3, -0.25) is 0 Å². The van der Waals surface area contributed by atoms with Crippen molar-refractivity contribution in [1.29, 1.82) is 0 Å². The molecule has 2 amide bonds. The second-order valence-corrected chi connectivity index (χ2v) is 21.2. The molecule has 16 nitrogen and oxygen atoms in total. The molecule has 6 aromatic rings. The second kappa shape index (κ2) is 19.5. The number of ether oxygens (including phenoxy) is 5. The molecule has 1 aliphatic heterocycles. The minimum absolute atomic E-state index is 0.0241. The van der Waals surface area contributed by atoms with Crippen LogP contribution in [0.3, 0.4) is 0 Å². The number of methoxy groups -OCH3 is 3. The number of halogens is 1. The molecule has 1 aromatic heterocycles. The first-order valence-corrected chi connectivity index (χ1v) is 24.0. The number of rotatable bonds is 14. The standard InChI is InChI=1S/C48H50BrN7O9S2/c1-46(2,3)64-44(57)56(45(58)65-47(4,5)6)43-50-41-37(11-10-12-39(41)66-43)36-25-26-38(49)42(40(36)48(51-53-54-52-48)27-30-13-19-33(61-7)20-14-30)67(59,60)55(28-31-15-21-34(62-8)22-16-31)29-32-17-23-35(63-9)24-18-32/h10-26H,27-29H2,1-9H3. The van der Waals surface area contributed by atoms with Crippen molar-refractivity contribution in [2.45, 2.75) is 82.8 Å². The third-order valence-corrected chi connectivity index (χ3v) is 14.1. The highest BCUT2D eigenvalue weighted by Gasteiger charge is 2.46. The summed E-state index contributed by atoms with van der Waals surface area (Å²) in [6.07, 6.45) is -1.95. The Morgan fingerprint density at radius 2 is 1.13 bits per heavy atom. The molecule has 7 rings (SSSR count). The molecule has 350 valence electrons. The van der Waals surface area contributed by atoms with Crippen molar-refractivity contribution in [3.05, 3.63) is 130 Å². The van der Waals surface area contributed by atoms with Crippen LogP contribution in [-0.2, 0) is 44.7 Å². The van der Waals surface area contributed by atoms with Crippen LogP contribution in [0.25, 0.3) is 21.3 Å². The Bertz CT molecular complexity index is 2860. The molecule has 0 atom stereocenters. The van der Waals surface area contributed by atoms with Gasteiger partial charge in [0.2, 0.25) is 20.8 Å². The van der Waals surface area contributed by atoms with Crippen molar-refractivity contribution < 1.29 is 41.7 Å². The van der Waals surface area contributed by atoms with Crippen molar-refractivity contribution in [1.82, 2.24) is 9.29 Å². The van der Waals surface area contributed by atoms with Crippen molar-refractivity contribution in [3.8, 4) is 28.4 Å². The first-order valence-electron chi connectivity index (χ1n) is 21.0. The maximum atomic E-state index is 15.9. The van der Waals surface area contributed by atoms with Crippen molar-refractivity contribution in [2.75, 3.05) is 26.2 Å². The summed E-state index contributed by atoms with van der Waals surface area (Å²) in [6.45, 7) is 10.0. The lowest BCUT2D eigenvalue weighted by Gasteiger charge is -2.30. The van der Waals surface area contributed by atoms with Gasteiger partial charge in [-0.05, 0) is 139 Å². The van der Waals surface area contributed by atoms with Crippen molar-refractivity contribution in [2.24, 2.45) is 20.7 Å². The minimum atomic E-state index is -4.57. The number of carbonyl (C=O) groups is 2. The van der Waals surface area contributed by atoms with Crippen LogP contribution in [0, 0.1) is 0 Å². The largest absolute Gasteiger partial charge is 0.497 e. The summed E-state index contributed by atoms with van der Waals surface area (Å²) in [5, 5.41) is 17.3. The zero-order valence-electron chi connectivity index (χ0n) is 38.4. The molecule has 5 aromatic carbocycles. The Balaban J connectivity index is 1.49. The van der Waals surface area contributed by atoms with Gasteiger partial charge in [0.15, 0.2) is 0 Å². The van der Waals surface area contributed by atoms with E-state index in [1.165, 1.54) is 4.31 Å². The van der Waals surface area contributed by atoms with Crippen LogP contribution in [0.4, 0.5) is 14.7 Å². The molecule has 0 aliphatic carbocycles. The van der Waals surface area contributed by atoms with E-state index in [1.807, 2.05) is 36.4 Å². The van der Waals surface area contributed by atoms with Gasteiger partial charge in [-0.2, -0.15) is 9.21 Å². The summed E-state index contributed by atoms with van der Waals surface area (Å²) in [6, 6.07) is 30.3. The smallest absolute Gasteiger partial charge is 0.426 e. The lowest BCUT2D eigenvalue weighted by atomic mass is 9.86. The third-order valence-electron chi connectivity index (χ3n) is 10.3. The monoisotopic (exact) mass is 1010 g/mol. The normalized spacial score (nSPS) is 13.5. The number of nitrogens with zero attached hydrogens (tertiary/aromatic N) is 7. The van der Waals surface area contributed by atoms with Gasteiger partial charge in [-0.25, -0.2) is 23.0 Å². The lowest BCUT2D eigenvalue weighted by molar-refractivity contribution is 0.0430. The highest BCUT2D eigenvalue weighted by molar-refractivity contribution is 9.10.